The van der Waals surface area contributed by atoms with E-state index in [1.54, 1.807) is 0 Å². The zero-order valence-electron chi connectivity index (χ0n) is 26.7. The number of carboxylic acid groups (broad SMARTS) is 4. The van der Waals surface area contributed by atoms with Crippen molar-refractivity contribution in [3.8, 4) is 0 Å². The van der Waals surface area contributed by atoms with E-state index in [4.69, 9.17) is 36.4 Å². The van der Waals surface area contributed by atoms with Crippen LogP contribution in [0.15, 0.2) is 0 Å². The minimum Gasteiger partial charge on any atom is -0.481 e. The van der Waals surface area contributed by atoms with Gasteiger partial charge in [0.1, 0.15) is 18.1 Å². The SMILES string of the molecule is NCCCCCCCOP(=O)(O)OC(=O)[C@H](CCC(=O)O)NC(=O)[C@H](CCC(=O)O)NC(=O)[C@H](CCC(=O)O)NC(=O)[C@@H](N)CCC(=O)O. The number of carboxylic acids is 4. The summed E-state index contributed by atoms with van der Waals surface area (Å²) in [5.74, 6) is -10.6. The molecular formula is C27H46N5O16P. The second kappa shape index (κ2) is 24.0. The van der Waals surface area contributed by atoms with Crippen LogP contribution in [0.5, 0.6) is 0 Å². The Morgan fingerprint density at radius 3 is 1.45 bits per heavy atom. The Labute approximate surface area is 281 Å². The Bertz CT molecular complexity index is 1200. The number of carbonyl (C=O) groups excluding carboxylic acids is 4. The van der Waals surface area contributed by atoms with Crippen LogP contribution in [0.3, 0.4) is 0 Å². The van der Waals surface area contributed by atoms with Gasteiger partial charge in [0.15, 0.2) is 0 Å². The number of phosphoric acid groups is 1. The summed E-state index contributed by atoms with van der Waals surface area (Å²) in [7, 11) is -5.04. The number of amides is 3. The number of nitrogens with two attached hydrogens (primary N) is 2. The van der Waals surface area contributed by atoms with Gasteiger partial charge in [-0.05, 0) is 45.1 Å². The van der Waals surface area contributed by atoms with Gasteiger partial charge in [-0.2, -0.15) is 0 Å². The Morgan fingerprint density at radius 1 is 0.592 bits per heavy atom. The third-order valence-corrected chi connectivity index (χ3v) is 7.54. The summed E-state index contributed by atoms with van der Waals surface area (Å²) in [6.07, 6.45) is -1.49. The van der Waals surface area contributed by atoms with Crippen molar-refractivity contribution in [3.05, 3.63) is 0 Å². The van der Waals surface area contributed by atoms with Crippen LogP contribution in [0.25, 0.3) is 0 Å². The maximum atomic E-state index is 13.2. The Kier molecular flexibility index (Phi) is 22.0. The van der Waals surface area contributed by atoms with Crippen LogP contribution in [0.4, 0.5) is 0 Å². The number of carbonyl (C=O) groups is 8. The van der Waals surface area contributed by atoms with Crippen LogP contribution in [0, 0.1) is 0 Å². The van der Waals surface area contributed by atoms with E-state index < -0.39 is 125 Å². The molecule has 0 aromatic heterocycles. The third-order valence-electron chi connectivity index (χ3n) is 6.62. The molecule has 0 aromatic carbocycles. The minimum atomic E-state index is -5.04. The molecule has 0 aliphatic heterocycles. The van der Waals surface area contributed by atoms with E-state index >= 15 is 0 Å². The molecular weight excluding hydrogens is 681 g/mol. The lowest BCUT2D eigenvalue weighted by molar-refractivity contribution is -0.143. The van der Waals surface area contributed by atoms with Gasteiger partial charge in [0.05, 0.1) is 12.6 Å². The molecule has 21 nitrogen and oxygen atoms in total. The van der Waals surface area contributed by atoms with Crippen molar-refractivity contribution < 1.29 is 77.3 Å². The molecule has 0 saturated carbocycles. The van der Waals surface area contributed by atoms with Crippen molar-refractivity contribution in [2.24, 2.45) is 11.5 Å². The summed E-state index contributed by atoms with van der Waals surface area (Å²) in [6.45, 7) is 0.242. The molecule has 0 bridgehead atoms. The van der Waals surface area contributed by atoms with Crippen molar-refractivity contribution >= 4 is 55.4 Å². The minimum absolute atomic E-state index is 0.275. The van der Waals surface area contributed by atoms with E-state index in [1.165, 1.54) is 0 Å². The molecule has 1 unspecified atom stereocenters. The number of phosphoric ester groups is 1. The number of nitrogens with one attached hydrogen (secondary N) is 3. The summed E-state index contributed by atoms with van der Waals surface area (Å²) >= 11 is 0. The fraction of sp³-hybridized carbons (Fsp3) is 0.704. The fourth-order valence-corrected chi connectivity index (χ4v) is 4.75. The lowest BCUT2D eigenvalue weighted by atomic mass is 10.1. The number of hydrogen-bond acceptors (Lipinski definition) is 13. The lowest BCUT2D eigenvalue weighted by Crippen LogP contribution is -2.57. The molecule has 0 spiro atoms. The van der Waals surface area contributed by atoms with Gasteiger partial charge in [-0.15, -0.1) is 0 Å². The summed E-state index contributed by atoms with van der Waals surface area (Å²) in [5, 5.41) is 42.5. The van der Waals surface area contributed by atoms with Gasteiger partial charge < -0.3 is 52.4 Å². The van der Waals surface area contributed by atoms with Crippen LogP contribution in [0.1, 0.15) is 83.5 Å². The first-order chi connectivity index (χ1) is 22.9. The second-order valence-corrected chi connectivity index (χ2v) is 12.2. The van der Waals surface area contributed by atoms with Crippen LogP contribution < -0.4 is 27.4 Å². The summed E-state index contributed by atoms with van der Waals surface area (Å²) in [5.41, 5.74) is 11.1. The van der Waals surface area contributed by atoms with Gasteiger partial charge >= 0.3 is 37.7 Å². The zero-order chi connectivity index (χ0) is 37.6. The predicted molar refractivity (Wildman–Crippen MR) is 165 cm³/mol. The highest BCUT2D eigenvalue weighted by Gasteiger charge is 2.35. The molecule has 280 valence electrons. The first-order valence-electron chi connectivity index (χ1n) is 15.3. The third kappa shape index (κ3) is 22.2. The van der Waals surface area contributed by atoms with E-state index in [0.717, 1.165) is 19.3 Å². The highest BCUT2D eigenvalue weighted by Crippen LogP contribution is 2.44. The maximum Gasteiger partial charge on any atom is 0.529 e. The van der Waals surface area contributed by atoms with E-state index in [9.17, 15) is 47.8 Å². The van der Waals surface area contributed by atoms with E-state index in [0.29, 0.717) is 19.4 Å². The molecule has 0 radical (unpaired) electrons. The molecule has 0 aromatic rings. The highest BCUT2D eigenvalue weighted by atomic mass is 31.2. The Balaban J connectivity index is 5.85. The maximum absolute atomic E-state index is 13.2. The Hall–Kier alpha value is -4.17. The van der Waals surface area contributed by atoms with E-state index in [1.807, 2.05) is 0 Å². The average Bonchev–Trinajstić information content (AvgIpc) is 3.00. The lowest BCUT2D eigenvalue weighted by Gasteiger charge is -2.25. The number of aliphatic carboxylic acids is 4. The molecule has 49 heavy (non-hydrogen) atoms. The van der Waals surface area contributed by atoms with Crippen molar-refractivity contribution in [2.45, 2.75) is 108 Å². The quantitative estimate of drug-likeness (QED) is 0.0334. The van der Waals surface area contributed by atoms with E-state index in [2.05, 4.69) is 20.5 Å². The van der Waals surface area contributed by atoms with Crippen LogP contribution in [-0.2, 0) is 52.0 Å². The zero-order valence-corrected chi connectivity index (χ0v) is 27.6. The normalized spacial score (nSPS) is 14.6. The molecule has 0 aliphatic rings. The van der Waals surface area contributed by atoms with Gasteiger partial charge in [-0.25, -0.2) is 9.36 Å². The first kappa shape index (κ1) is 44.8. The number of unbranched alkanes of at least 4 members (excludes halogenated alkanes) is 4. The average molecular weight is 728 g/mol. The van der Waals surface area contributed by atoms with Gasteiger partial charge in [-0.3, -0.25) is 43.0 Å². The molecule has 0 fully saturated rings. The van der Waals surface area contributed by atoms with Crippen molar-refractivity contribution in [1.82, 2.24) is 16.0 Å². The topological polar surface area (TPSA) is 361 Å². The van der Waals surface area contributed by atoms with Gasteiger partial charge in [-0.1, -0.05) is 19.3 Å². The molecule has 3 amide bonds. The molecule has 22 heteroatoms. The molecule has 0 heterocycles. The van der Waals surface area contributed by atoms with Crippen molar-refractivity contribution in [2.75, 3.05) is 13.2 Å². The largest absolute Gasteiger partial charge is 0.529 e. The molecule has 0 saturated heterocycles. The summed E-state index contributed by atoms with van der Waals surface area (Å²) in [6, 6.07) is -6.77. The molecule has 12 N–H and O–H groups in total. The second-order valence-electron chi connectivity index (χ2n) is 10.8. The summed E-state index contributed by atoms with van der Waals surface area (Å²) in [4.78, 5) is 106. The van der Waals surface area contributed by atoms with Gasteiger partial charge in [0.2, 0.25) is 17.7 Å². The molecule has 0 rings (SSSR count). The van der Waals surface area contributed by atoms with Crippen molar-refractivity contribution in [3.63, 3.8) is 0 Å². The smallest absolute Gasteiger partial charge is 0.481 e. The van der Waals surface area contributed by atoms with Crippen LogP contribution in [0.2, 0.25) is 0 Å². The summed E-state index contributed by atoms with van der Waals surface area (Å²) < 4.78 is 21.6. The first-order valence-corrected chi connectivity index (χ1v) is 16.8. The van der Waals surface area contributed by atoms with Gasteiger partial charge in [0.25, 0.3) is 0 Å². The van der Waals surface area contributed by atoms with Crippen LogP contribution in [-0.4, -0.2) is 110 Å². The van der Waals surface area contributed by atoms with Crippen LogP contribution >= 0.6 is 7.82 Å². The Morgan fingerprint density at radius 2 is 0.980 bits per heavy atom. The molecule has 0 aliphatic carbocycles. The van der Waals surface area contributed by atoms with Crippen molar-refractivity contribution in [1.29, 1.82) is 0 Å². The fourth-order valence-electron chi connectivity index (χ4n) is 3.98. The number of rotatable bonds is 28. The highest BCUT2D eigenvalue weighted by molar-refractivity contribution is 7.48. The van der Waals surface area contributed by atoms with Gasteiger partial charge in [0, 0.05) is 25.7 Å². The molecule has 5 atom stereocenters. The predicted octanol–water partition coefficient (Wildman–Crippen LogP) is -1.20. The monoisotopic (exact) mass is 727 g/mol. The van der Waals surface area contributed by atoms with E-state index in [-0.39, 0.29) is 13.0 Å². The standard InChI is InChI=1S/C27H46N5O16P/c28-14-4-2-1-3-5-15-47-49(45,46)48-27(44)19(9-13-23(39)40)32-26(43)18(8-12-22(37)38)31-25(42)17(7-11-21(35)36)30-24(41)16(29)6-10-20(33)34/h16-19H,1-15,28-29H2,(H,30,41)(H,31,42)(H,32,43)(H,33,34)(H,35,36)(H,37,38)(H,39,40)(H,45,46)/t16-,17-,18-,19-/m0/s1. The number of hydrogen-bond donors (Lipinski definition) is 10.